The lowest BCUT2D eigenvalue weighted by Gasteiger charge is -2.12. The molecule has 1 aromatic carbocycles. The second-order valence-electron chi connectivity index (χ2n) is 3.24. The molecule has 0 atom stereocenters. The van der Waals surface area contributed by atoms with Gasteiger partial charge in [0.25, 0.3) is 0 Å². The van der Waals surface area contributed by atoms with Crippen molar-refractivity contribution in [3.8, 4) is 0 Å². The Morgan fingerprint density at radius 1 is 1.40 bits per heavy atom. The van der Waals surface area contributed by atoms with E-state index in [9.17, 15) is 8.42 Å². The van der Waals surface area contributed by atoms with Gasteiger partial charge < -0.3 is 5.73 Å². The zero-order valence-corrected chi connectivity index (χ0v) is 10.1. The molecule has 0 amide bonds. The van der Waals surface area contributed by atoms with Crippen molar-refractivity contribution in [3.63, 3.8) is 0 Å². The molecule has 84 valence electrons. The van der Waals surface area contributed by atoms with Crippen molar-refractivity contribution < 1.29 is 8.42 Å². The SMILES string of the molecule is CN(C)S(=O)(=O)c1ccc(Cl)c(CN)c1. The topological polar surface area (TPSA) is 63.4 Å². The summed E-state index contributed by atoms with van der Waals surface area (Å²) < 4.78 is 24.7. The molecule has 0 aliphatic rings. The Kier molecular flexibility index (Phi) is 3.72. The molecule has 0 unspecified atom stereocenters. The largest absolute Gasteiger partial charge is 0.326 e. The lowest BCUT2D eigenvalue weighted by atomic mass is 10.2. The van der Waals surface area contributed by atoms with Crippen LogP contribution in [0.15, 0.2) is 23.1 Å². The molecule has 2 N–H and O–H groups in total. The molecule has 0 bridgehead atoms. The smallest absolute Gasteiger partial charge is 0.242 e. The van der Waals surface area contributed by atoms with Crippen molar-refractivity contribution in [2.75, 3.05) is 14.1 Å². The molecule has 0 saturated carbocycles. The number of hydrogen-bond acceptors (Lipinski definition) is 3. The van der Waals surface area contributed by atoms with E-state index in [0.717, 1.165) is 4.31 Å². The number of nitrogens with two attached hydrogens (primary N) is 1. The molecule has 0 aliphatic carbocycles. The summed E-state index contributed by atoms with van der Waals surface area (Å²) in [7, 11) is -0.451. The quantitative estimate of drug-likeness (QED) is 0.870. The summed E-state index contributed by atoms with van der Waals surface area (Å²) in [6, 6.07) is 4.51. The summed E-state index contributed by atoms with van der Waals surface area (Å²) in [4.78, 5) is 0.206. The van der Waals surface area contributed by atoms with E-state index in [1.807, 2.05) is 0 Å². The van der Waals surface area contributed by atoms with Crippen LogP contribution in [-0.2, 0) is 16.6 Å². The van der Waals surface area contributed by atoms with Crippen molar-refractivity contribution >= 4 is 21.6 Å². The predicted octanol–water partition coefficient (Wildman–Crippen LogP) is 1.05. The first-order chi connectivity index (χ1) is 6.89. The van der Waals surface area contributed by atoms with E-state index in [4.69, 9.17) is 17.3 Å². The third-order valence-corrected chi connectivity index (χ3v) is 4.20. The van der Waals surface area contributed by atoms with E-state index < -0.39 is 10.0 Å². The Bertz CT molecular complexity index is 457. The van der Waals surface area contributed by atoms with Gasteiger partial charge in [0.05, 0.1) is 4.90 Å². The molecule has 15 heavy (non-hydrogen) atoms. The van der Waals surface area contributed by atoms with Crippen molar-refractivity contribution in [2.24, 2.45) is 5.73 Å². The van der Waals surface area contributed by atoms with E-state index in [1.54, 1.807) is 6.07 Å². The maximum Gasteiger partial charge on any atom is 0.242 e. The van der Waals surface area contributed by atoms with Crippen LogP contribution in [0.4, 0.5) is 0 Å². The minimum Gasteiger partial charge on any atom is -0.326 e. The maximum absolute atomic E-state index is 11.8. The van der Waals surface area contributed by atoms with Gasteiger partial charge in [0.15, 0.2) is 0 Å². The Balaban J connectivity index is 3.29. The number of hydrogen-bond donors (Lipinski definition) is 1. The predicted molar refractivity (Wildman–Crippen MR) is 60.2 cm³/mol. The van der Waals surface area contributed by atoms with Gasteiger partial charge in [-0.1, -0.05) is 11.6 Å². The van der Waals surface area contributed by atoms with Crippen LogP contribution in [0.2, 0.25) is 5.02 Å². The van der Waals surface area contributed by atoms with Gasteiger partial charge in [0.1, 0.15) is 0 Å². The normalized spacial score (nSPS) is 12.1. The van der Waals surface area contributed by atoms with Crippen molar-refractivity contribution in [1.29, 1.82) is 0 Å². The zero-order valence-electron chi connectivity index (χ0n) is 8.57. The maximum atomic E-state index is 11.8. The lowest BCUT2D eigenvalue weighted by molar-refractivity contribution is 0.520. The van der Waals surface area contributed by atoms with E-state index in [1.165, 1.54) is 26.2 Å². The summed E-state index contributed by atoms with van der Waals surface area (Å²) in [5.41, 5.74) is 6.07. The van der Waals surface area contributed by atoms with Gasteiger partial charge in [-0.15, -0.1) is 0 Å². The van der Waals surface area contributed by atoms with Crippen LogP contribution in [-0.4, -0.2) is 26.8 Å². The van der Waals surface area contributed by atoms with Crippen LogP contribution < -0.4 is 5.73 Å². The van der Waals surface area contributed by atoms with E-state index in [2.05, 4.69) is 0 Å². The Hall–Kier alpha value is -0.620. The Morgan fingerprint density at radius 2 is 2.00 bits per heavy atom. The monoisotopic (exact) mass is 248 g/mol. The number of nitrogens with zero attached hydrogens (tertiary/aromatic N) is 1. The summed E-state index contributed by atoms with van der Waals surface area (Å²) in [6.07, 6.45) is 0. The summed E-state index contributed by atoms with van der Waals surface area (Å²) in [5.74, 6) is 0. The van der Waals surface area contributed by atoms with E-state index in [0.29, 0.717) is 10.6 Å². The average Bonchev–Trinajstić information content (AvgIpc) is 2.18. The minimum absolute atomic E-state index is 0.206. The molecular weight excluding hydrogens is 236 g/mol. The molecule has 6 heteroatoms. The van der Waals surface area contributed by atoms with Crippen molar-refractivity contribution in [3.05, 3.63) is 28.8 Å². The highest BCUT2D eigenvalue weighted by Gasteiger charge is 2.17. The van der Waals surface area contributed by atoms with Crippen molar-refractivity contribution in [1.82, 2.24) is 4.31 Å². The van der Waals surface area contributed by atoms with Gasteiger partial charge >= 0.3 is 0 Å². The molecule has 0 heterocycles. The van der Waals surface area contributed by atoms with Gasteiger partial charge in [-0.3, -0.25) is 0 Å². The van der Waals surface area contributed by atoms with Crippen LogP contribution in [0.3, 0.4) is 0 Å². The van der Waals surface area contributed by atoms with Gasteiger partial charge in [-0.05, 0) is 23.8 Å². The Morgan fingerprint density at radius 3 is 2.47 bits per heavy atom. The number of halogens is 1. The summed E-state index contributed by atoms with van der Waals surface area (Å²) in [6.45, 7) is 0.218. The highest BCUT2D eigenvalue weighted by molar-refractivity contribution is 7.89. The second kappa shape index (κ2) is 4.49. The van der Waals surface area contributed by atoms with Gasteiger partial charge in [-0.2, -0.15) is 0 Å². The van der Waals surface area contributed by atoms with Gasteiger partial charge in [-0.25, -0.2) is 12.7 Å². The summed E-state index contributed by atoms with van der Waals surface area (Å²) in [5, 5.41) is 0.482. The first kappa shape index (κ1) is 12.4. The van der Waals surface area contributed by atoms with Crippen molar-refractivity contribution in [2.45, 2.75) is 11.4 Å². The zero-order chi connectivity index (χ0) is 11.6. The molecule has 1 rings (SSSR count). The summed E-state index contributed by atoms with van der Waals surface area (Å²) >= 11 is 5.84. The molecule has 0 saturated heterocycles. The standard InChI is InChI=1S/C9H13ClN2O2S/c1-12(2)15(13,14)8-3-4-9(10)7(5-8)6-11/h3-5H,6,11H2,1-2H3. The first-order valence-corrected chi connectivity index (χ1v) is 6.12. The minimum atomic E-state index is -3.41. The first-order valence-electron chi connectivity index (χ1n) is 4.30. The third kappa shape index (κ3) is 2.49. The Labute approximate surface area is 94.7 Å². The molecule has 0 aromatic heterocycles. The third-order valence-electron chi connectivity index (χ3n) is 2.02. The van der Waals surface area contributed by atoms with Crippen LogP contribution in [0.25, 0.3) is 0 Å². The number of sulfonamides is 1. The molecule has 0 spiro atoms. The van der Waals surface area contributed by atoms with E-state index in [-0.39, 0.29) is 11.4 Å². The fourth-order valence-corrected chi connectivity index (χ4v) is 2.23. The number of rotatable bonds is 3. The van der Waals surface area contributed by atoms with Gasteiger partial charge in [0.2, 0.25) is 10.0 Å². The second-order valence-corrected chi connectivity index (χ2v) is 5.80. The molecule has 0 aliphatic heterocycles. The fourth-order valence-electron chi connectivity index (χ4n) is 1.08. The lowest BCUT2D eigenvalue weighted by Crippen LogP contribution is -2.22. The highest BCUT2D eigenvalue weighted by atomic mass is 35.5. The highest BCUT2D eigenvalue weighted by Crippen LogP contribution is 2.21. The molecule has 1 aromatic rings. The van der Waals surface area contributed by atoms with E-state index >= 15 is 0 Å². The van der Waals surface area contributed by atoms with Crippen LogP contribution >= 0.6 is 11.6 Å². The van der Waals surface area contributed by atoms with Gasteiger partial charge in [0, 0.05) is 25.7 Å². The van der Waals surface area contributed by atoms with Crippen LogP contribution in [0, 0.1) is 0 Å². The van der Waals surface area contributed by atoms with Crippen LogP contribution in [0.1, 0.15) is 5.56 Å². The fraction of sp³-hybridized carbons (Fsp3) is 0.333. The van der Waals surface area contributed by atoms with Crippen LogP contribution in [0.5, 0.6) is 0 Å². The molecule has 0 fully saturated rings. The average molecular weight is 249 g/mol. The molecule has 0 radical (unpaired) electrons. The molecular formula is C9H13ClN2O2S. The molecule has 4 nitrogen and oxygen atoms in total. The number of benzene rings is 1.